The number of pyridine rings is 1. The largest absolute Gasteiger partial charge is 0.490 e. The van der Waals surface area contributed by atoms with E-state index in [4.69, 9.17) is 15.2 Å². The zero-order valence-corrected chi connectivity index (χ0v) is 16.3. The molecular formula is C22H27N3O2. The molecule has 0 fully saturated rings. The van der Waals surface area contributed by atoms with Crippen molar-refractivity contribution >= 4 is 5.82 Å². The number of hydrogen-bond acceptors (Lipinski definition) is 5. The van der Waals surface area contributed by atoms with Crippen molar-refractivity contribution in [3.63, 3.8) is 0 Å². The van der Waals surface area contributed by atoms with Crippen LogP contribution in [0.2, 0.25) is 0 Å². The highest BCUT2D eigenvalue weighted by molar-refractivity contribution is 5.80. The molecule has 3 rings (SSSR count). The molecule has 0 aliphatic heterocycles. The first-order chi connectivity index (χ1) is 13.0. The van der Waals surface area contributed by atoms with E-state index in [0.29, 0.717) is 36.3 Å². The van der Waals surface area contributed by atoms with Crippen molar-refractivity contribution in [3.8, 4) is 28.7 Å². The number of aryl methyl sites for hydroxylation is 1. The van der Waals surface area contributed by atoms with Gasteiger partial charge in [0.25, 0.3) is 0 Å². The molecule has 0 unspecified atom stereocenters. The average molecular weight is 365 g/mol. The molecule has 1 aromatic carbocycles. The van der Waals surface area contributed by atoms with E-state index in [9.17, 15) is 5.26 Å². The Hall–Kier alpha value is -2.74. The van der Waals surface area contributed by atoms with Gasteiger partial charge in [0, 0.05) is 11.3 Å². The standard InChI is InChI=1S/C22H27N3O2/c1-4-26-20-11-15(9-10-19(20)27-13-14(2)3)21-16-7-5-6-8-18(16)25-22(24)17(21)12-23/h9-11,14H,4-8,13H2,1-3H3,(H2,24,25). The first-order valence-corrected chi connectivity index (χ1v) is 9.66. The van der Waals surface area contributed by atoms with Gasteiger partial charge in [0.15, 0.2) is 11.5 Å². The highest BCUT2D eigenvalue weighted by Gasteiger charge is 2.23. The number of benzene rings is 1. The van der Waals surface area contributed by atoms with Crippen LogP contribution in [0, 0.1) is 17.2 Å². The normalized spacial score (nSPS) is 13.1. The second-order valence-corrected chi connectivity index (χ2v) is 7.29. The Bertz CT molecular complexity index is 869. The van der Waals surface area contributed by atoms with Crippen LogP contribution in [0.15, 0.2) is 18.2 Å². The topological polar surface area (TPSA) is 81.2 Å². The van der Waals surface area contributed by atoms with Gasteiger partial charge in [-0.05, 0) is 61.8 Å². The molecule has 1 aliphatic rings. The summed E-state index contributed by atoms with van der Waals surface area (Å²) < 4.78 is 11.7. The van der Waals surface area contributed by atoms with Gasteiger partial charge in [-0.3, -0.25) is 0 Å². The summed E-state index contributed by atoms with van der Waals surface area (Å²) in [4.78, 5) is 4.50. The van der Waals surface area contributed by atoms with Crippen molar-refractivity contribution in [2.75, 3.05) is 18.9 Å². The predicted octanol–water partition coefficient (Wildman–Crippen LogP) is 4.51. The highest BCUT2D eigenvalue weighted by atomic mass is 16.5. The van der Waals surface area contributed by atoms with Crippen molar-refractivity contribution in [2.24, 2.45) is 5.92 Å². The lowest BCUT2D eigenvalue weighted by Crippen LogP contribution is -2.12. The molecule has 5 heteroatoms. The summed E-state index contributed by atoms with van der Waals surface area (Å²) in [6.07, 6.45) is 4.04. The van der Waals surface area contributed by atoms with E-state index in [-0.39, 0.29) is 0 Å². The average Bonchev–Trinajstić information content (AvgIpc) is 2.66. The van der Waals surface area contributed by atoms with Gasteiger partial charge in [0.1, 0.15) is 17.5 Å². The van der Waals surface area contributed by atoms with Crippen molar-refractivity contribution in [3.05, 3.63) is 35.0 Å². The molecule has 0 radical (unpaired) electrons. The Morgan fingerprint density at radius 2 is 1.96 bits per heavy atom. The molecule has 0 atom stereocenters. The molecule has 1 aromatic heterocycles. The van der Waals surface area contributed by atoms with Crippen LogP contribution < -0.4 is 15.2 Å². The van der Waals surface area contributed by atoms with E-state index in [1.54, 1.807) is 0 Å². The third kappa shape index (κ3) is 4.00. The minimum Gasteiger partial charge on any atom is -0.490 e. The zero-order valence-electron chi connectivity index (χ0n) is 16.3. The minimum absolute atomic E-state index is 0.311. The molecule has 27 heavy (non-hydrogen) atoms. The van der Waals surface area contributed by atoms with Crippen LogP contribution in [0.5, 0.6) is 11.5 Å². The molecule has 0 bridgehead atoms. The molecule has 0 spiro atoms. The maximum atomic E-state index is 9.71. The van der Waals surface area contributed by atoms with Crippen LogP contribution in [0.1, 0.15) is 50.4 Å². The first kappa shape index (κ1) is 19.0. The number of nitrogens with two attached hydrogens (primary N) is 1. The minimum atomic E-state index is 0.311. The second-order valence-electron chi connectivity index (χ2n) is 7.29. The maximum Gasteiger partial charge on any atom is 0.161 e. The first-order valence-electron chi connectivity index (χ1n) is 9.66. The summed E-state index contributed by atoms with van der Waals surface area (Å²) in [5, 5.41) is 9.71. The lowest BCUT2D eigenvalue weighted by molar-refractivity contribution is 0.248. The molecule has 142 valence electrons. The summed E-state index contributed by atoms with van der Waals surface area (Å²) in [7, 11) is 0. The van der Waals surface area contributed by atoms with E-state index in [1.807, 2.05) is 25.1 Å². The number of ether oxygens (including phenoxy) is 2. The number of aromatic nitrogens is 1. The smallest absolute Gasteiger partial charge is 0.161 e. The Morgan fingerprint density at radius 1 is 1.19 bits per heavy atom. The van der Waals surface area contributed by atoms with Gasteiger partial charge < -0.3 is 15.2 Å². The summed E-state index contributed by atoms with van der Waals surface area (Å²) in [5.74, 6) is 2.16. The SMILES string of the molecule is CCOc1cc(-c2c(C#N)c(N)nc3c2CCCC3)ccc1OCC(C)C. The van der Waals surface area contributed by atoms with Gasteiger partial charge in [-0.1, -0.05) is 19.9 Å². The summed E-state index contributed by atoms with van der Waals surface area (Å²) in [5.41, 5.74) is 10.6. The Kier molecular flexibility index (Phi) is 5.85. The van der Waals surface area contributed by atoms with Crippen LogP contribution >= 0.6 is 0 Å². The number of nitriles is 1. The predicted molar refractivity (Wildman–Crippen MR) is 107 cm³/mol. The van der Waals surface area contributed by atoms with Crippen LogP contribution in [0.4, 0.5) is 5.82 Å². The summed E-state index contributed by atoms with van der Waals surface area (Å²) >= 11 is 0. The van der Waals surface area contributed by atoms with E-state index in [2.05, 4.69) is 24.9 Å². The molecule has 2 N–H and O–H groups in total. The number of fused-ring (bicyclic) bond motifs is 1. The highest BCUT2D eigenvalue weighted by Crippen LogP contribution is 2.39. The zero-order chi connectivity index (χ0) is 19.4. The number of rotatable bonds is 6. The maximum absolute atomic E-state index is 9.71. The van der Waals surface area contributed by atoms with Gasteiger partial charge in [0.2, 0.25) is 0 Å². The lowest BCUT2D eigenvalue weighted by atomic mass is 9.86. The number of anilines is 1. The van der Waals surface area contributed by atoms with Crippen molar-refractivity contribution in [1.29, 1.82) is 5.26 Å². The van der Waals surface area contributed by atoms with Gasteiger partial charge >= 0.3 is 0 Å². The van der Waals surface area contributed by atoms with Crippen molar-refractivity contribution in [1.82, 2.24) is 4.98 Å². The number of hydrogen-bond donors (Lipinski definition) is 1. The Morgan fingerprint density at radius 3 is 2.67 bits per heavy atom. The molecular weight excluding hydrogens is 338 g/mol. The second kappa shape index (κ2) is 8.30. The quantitative estimate of drug-likeness (QED) is 0.814. The molecule has 5 nitrogen and oxygen atoms in total. The van der Waals surface area contributed by atoms with Gasteiger partial charge in [-0.2, -0.15) is 5.26 Å². The van der Waals surface area contributed by atoms with Gasteiger partial charge in [-0.25, -0.2) is 4.98 Å². The van der Waals surface area contributed by atoms with Crippen LogP contribution in [0.3, 0.4) is 0 Å². The van der Waals surface area contributed by atoms with E-state index in [0.717, 1.165) is 53.8 Å². The molecule has 0 amide bonds. The van der Waals surface area contributed by atoms with E-state index >= 15 is 0 Å². The van der Waals surface area contributed by atoms with Crippen molar-refractivity contribution in [2.45, 2.75) is 46.5 Å². The fourth-order valence-corrected chi connectivity index (χ4v) is 3.50. The summed E-state index contributed by atoms with van der Waals surface area (Å²) in [6.45, 7) is 7.34. The van der Waals surface area contributed by atoms with Gasteiger partial charge in [-0.15, -0.1) is 0 Å². The third-order valence-electron chi connectivity index (χ3n) is 4.72. The van der Waals surface area contributed by atoms with Crippen molar-refractivity contribution < 1.29 is 9.47 Å². The Balaban J connectivity index is 2.12. The van der Waals surface area contributed by atoms with Crippen LogP contribution in [-0.2, 0) is 12.8 Å². The monoisotopic (exact) mass is 365 g/mol. The van der Waals surface area contributed by atoms with Crippen LogP contribution in [0.25, 0.3) is 11.1 Å². The molecule has 1 aliphatic carbocycles. The fourth-order valence-electron chi connectivity index (χ4n) is 3.50. The molecule has 0 saturated heterocycles. The fraction of sp³-hybridized carbons (Fsp3) is 0.455. The van der Waals surface area contributed by atoms with E-state index < -0.39 is 0 Å². The Labute approximate surface area is 161 Å². The molecule has 1 heterocycles. The lowest BCUT2D eigenvalue weighted by Gasteiger charge is -2.22. The molecule has 0 saturated carbocycles. The number of nitrogen functional groups attached to an aromatic ring is 1. The number of nitrogens with zero attached hydrogens (tertiary/aromatic N) is 2. The third-order valence-corrected chi connectivity index (χ3v) is 4.72. The van der Waals surface area contributed by atoms with E-state index in [1.165, 1.54) is 0 Å². The molecule has 2 aromatic rings. The van der Waals surface area contributed by atoms with Crippen LogP contribution in [-0.4, -0.2) is 18.2 Å². The summed E-state index contributed by atoms with van der Waals surface area (Å²) in [6, 6.07) is 8.14. The van der Waals surface area contributed by atoms with Gasteiger partial charge in [0.05, 0.1) is 13.2 Å².